The number of nitrogens with one attached hydrogen (secondary N) is 2. The maximum absolute atomic E-state index is 13.2. The zero-order chi connectivity index (χ0) is 19.8. The number of aromatic carboxylic acids is 1. The van der Waals surface area contributed by atoms with E-state index in [1.54, 1.807) is 0 Å². The topological polar surface area (TPSA) is 87.7 Å². The first-order valence-electron chi connectivity index (χ1n) is 8.06. The number of carboxylic acids is 1. The molecule has 2 heterocycles. The molecule has 1 amide bonds. The second kappa shape index (κ2) is 7.34. The second-order valence-corrected chi connectivity index (χ2v) is 8.17. The summed E-state index contributed by atoms with van der Waals surface area (Å²) >= 11 is 6.35. The van der Waals surface area contributed by atoms with Gasteiger partial charge in [0.05, 0.1) is 17.8 Å². The minimum Gasteiger partial charge on any atom is -0.478 e. The number of carbonyl (C=O) groups excluding carboxylic acids is 1. The molecule has 1 aliphatic heterocycles. The van der Waals surface area contributed by atoms with Gasteiger partial charge in [0.25, 0.3) is 5.91 Å². The first kappa shape index (κ1) is 19.4. The second-order valence-electron chi connectivity index (χ2n) is 6.66. The van der Waals surface area contributed by atoms with Crippen molar-refractivity contribution in [1.82, 2.24) is 5.32 Å². The SMILES string of the molecule is CC1(C)Cc2c(sc(NC(=S)NC(=O)c3cccc(F)c3)c2C(=O)O)CO1. The predicted octanol–water partition coefficient (Wildman–Crippen LogP) is 3.56. The van der Waals surface area contributed by atoms with Crippen LogP contribution in [-0.4, -0.2) is 27.7 Å². The first-order chi connectivity index (χ1) is 12.7. The van der Waals surface area contributed by atoms with Crippen molar-refractivity contribution < 1.29 is 23.8 Å². The van der Waals surface area contributed by atoms with Gasteiger partial charge in [-0.2, -0.15) is 0 Å². The van der Waals surface area contributed by atoms with Crippen molar-refractivity contribution in [2.75, 3.05) is 5.32 Å². The van der Waals surface area contributed by atoms with Gasteiger partial charge in [0, 0.05) is 16.9 Å². The van der Waals surface area contributed by atoms with Gasteiger partial charge < -0.3 is 15.2 Å². The molecule has 0 saturated carbocycles. The lowest BCUT2D eigenvalue weighted by Gasteiger charge is -2.30. The molecule has 3 rings (SSSR count). The highest BCUT2D eigenvalue weighted by Gasteiger charge is 2.33. The average Bonchev–Trinajstić information content (AvgIpc) is 2.90. The van der Waals surface area contributed by atoms with Gasteiger partial charge in [-0.25, -0.2) is 9.18 Å². The molecule has 6 nitrogen and oxygen atoms in total. The Morgan fingerprint density at radius 3 is 2.78 bits per heavy atom. The number of amides is 1. The summed E-state index contributed by atoms with van der Waals surface area (Å²) in [6, 6.07) is 5.18. The van der Waals surface area contributed by atoms with Crippen molar-refractivity contribution in [1.29, 1.82) is 0 Å². The molecule has 0 radical (unpaired) electrons. The Morgan fingerprint density at radius 2 is 2.11 bits per heavy atom. The Kier molecular flexibility index (Phi) is 5.27. The van der Waals surface area contributed by atoms with Gasteiger partial charge in [-0.15, -0.1) is 11.3 Å². The normalized spacial score (nSPS) is 14.9. The molecule has 142 valence electrons. The molecule has 2 aromatic rings. The van der Waals surface area contributed by atoms with Crippen molar-refractivity contribution in [3.8, 4) is 0 Å². The zero-order valence-corrected chi connectivity index (χ0v) is 16.2. The van der Waals surface area contributed by atoms with E-state index in [2.05, 4.69) is 10.6 Å². The summed E-state index contributed by atoms with van der Waals surface area (Å²) in [7, 11) is 0. The van der Waals surface area contributed by atoms with E-state index in [9.17, 15) is 19.1 Å². The highest BCUT2D eigenvalue weighted by atomic mass is 32.1. The third-order valence-electron chi connectivity index (χ3n) is 4.04. The number of hydrogen-bond acceptors (Lipinski definition) is 5. The van der Waals surface area contributed by atoms with Crippen LogP contribution < -0.4 is 10.6 Å². The minimum absolute atomic E-state index is 0.0643. The van der Waals surface area contributed by atoms with E-state index in [0.29, 0.717) is 23.6 Å². The lowest BCUT2D eigenvalue weighted by molar-refractivity contribution is -0.0384. The zero-order valence-electron chi connectivity index (χ0n) is 14.6. The number of rotatable bonds is 3. The molecular formula is C18H17FN2O4S2. The fraction of sp³-hybridized carbons (Fsp3) is 0.278. The van der Waals surface area contributed by atoms with Crippen LogP contribution in [0.1, 0.15) is 45.0 Å². The quantitative estimate of drug-likeness (QED) is 0.673. The fourth-order valence-corrected chi connectivity index (χ4v) is 4.19. The van der Waals surface area contributed by atoms with Gasteiger partial charge in [-0.05, 0) is 49.8 Å². The molecule has 1 aromatic carbocycles. The van der Waals surface area contributed by atoms with E-state index in [0.717, 1.165) is 10.9 Å². The highest BCUT2D eigenvalue weighted by molar-refractivity contribution is 7.80. The van der Waals surface area contributed by atoms with Gasteiger partial charge in [-0.1, -0.05) is 6.07 Å². The molecule has 0 aliphatic carbocycles. The standard InChI is InChI=1S/C18H17FN2O4S2/c1-18(2)7-11-12(8-25-18)27-15(13(11)16(23)24)21-17(26)20-14(22)9-4-3-5-10(19)6-9/h3-6H,7-8H2,1-2H3,(H,23,24)(H2,20,21,22,26). The summed E-state index contributed by atoms with van der Waals surface area (Å²) in [6.45, 7) is 4.11. The Balaban J connectivity index is 1.79. The van der Waals surface area contributed by atoms with Crippen LogP contribution in [0, 0.1) is 5.82 Å². The molecule has 1 aliphatic rings. The van der Waals surface area contributed by atoms with Crippen LogP contribution in [0.4, 0.5) is 9.39 Å². The number of hydrogen-bond donors (Lipinski definition) is 3. The van der Waals surface area contributed by atoms with Crippen LogP contribution in [0.2, 0.25) is 0 Å². The van der Waals surface area contributed by atoms with Crippen molar-refractivity contribution >= 4 is 45.5 Å². The van der Waals surface area contributed by atoms with Crippen molar-refractivity contribution in [2.45, 2.75) is 32.5 Å². The Hall–Kier alpha value is -2.36. The van der Waals surface area contributed by atoms with Crippen LogP contribution in [-0.2, 0) is 17.8 Å². The molecule has 0 bridgehead atoms. The number of fused-ring (bicyclic) bond motifs is 1. The van der Waals surface area contributed by atoms with Crippen molar-refractivity contribution in [2.24, 2.45) is 0 Å². The summed E-state index contributed by atoms with van der Waals surface area (Å²) in [5, 5.41) is 15.1. The van der Waals surface area contributed by atoms with E-state index >= 15 is 0 Å². The van der Waals surface area contributed by atoms with E-state index < -0.39 is 23.3 Å². The number of thiocarbonyl (C=S) groups is 1. The number of anilines is 1. The molecule has 3 N–H and O–H groups in total. The van der Waals surface area contributed by atoms with Gasteiger partial charge in [-0.3, -0.25) is 10.1 Å². The predicted molar refractivity (Wildman–Crippen MR) is 104 cm³/mol. The van der Waals surface area contributed by atoms with Crippen molar-refractivity contribution in [3.63, 3.8) is 0 Å². The molecule has 0 spiro atoms. The lowest BCUT2D eigenvalue weighted by Crippen LogP contribution is -2.34. The van der Waals surface area contributed by atoms with Crippen LogP contribution in [0.25, 0.3) is 0 Å². The van der Waals surface area contributed by atoms with Crippen molar-refractivity contribution in [3.05, 3.63) is 51.7 Å². The van der Waals surface area contributed by atoms with Gasteiger partial charge >= 0.3 is 5.97 Å². The lowest BCUT2D eigenvalue weighted by atomic mass is 9.93. The van der Waals surface area contributed by atoms with E-state index in [4.69, 9.17) is 17.0 Å². The monoisotopic (exact) mass is 408 g/mol. The highest BCUT2D eigenvalue weighted by Crippen LogP contribution is 2.40. The smallest absolute Gasteiger partial charge is 0.339 e. The van der Waals surface area contributed by atoms with Gasteiger partial charge in [0.1, 0.15) is 10.8 Å². The molecule has 0 saturated heterocycles. The van der Waals surface area contributed by atoms with Crippen LogP contribution >= 0.6 is 23.6 Å². The molecule has 0 fully saturated rings. The maximum atomic E-state index is 13.2. The Morgan fingerprint density at radius 1 is 1.37 bits per heavy atom. The number of benzene rings is 1. The third-order valence-corrected chi connectivity index (χ3v) is 5.37. The van der Waals surface area contributed by atoms with Crippen LogP contribution in [0.3, 0.4) is 0 Å². The molecule has 0 unspecified atom stereocenters. The number of thiophene rings is 1. The van der Waals surface area contributed by atoms with Gasteiger partial charge in [0.2, 0.25) is 0 Å². The third kappa shape index (κ3) is 4.32. The Bertz CT molecular complexity index is 939. The van der Waals surface area contributed by atoms with Gasteiger partial charge in [0.15, 0.2) is 5.11 Å². The minimum atomic E-state index is -1.08. The molecule has 9 heteroatoms. The summed E-state index contributed by atoms with van der Waals surface area (Å²) in [6.07, 6.45) is 0.463. The van der Waals surface area contributed by atoms with Crippen LogP contribution in [0.5, 0.6) is 0 Å². The summed E-state index contributed by atoms with van der Waals surface area (Å²) in [4.78, 5) is 24.8. The number of carboxylic acid groups (broad SMARTS) is 1. The summed E-state index contributed by atoms with van der Waals surface area (Å²) in [5.41, 5.74) is 0.499. The van der Waals surface area contributed by atoms with Crippen LogP contribution in [0.15, 0.2) is 24.3 Å². The molecule has 1 aromatic heterocycles. The molecule has 27 heavy (non-hydrogen) atoms. The largest absolute Gasteiger partial charge is 0.478 e. The van der Waals surface area contributed by atoms with E-state index in [-0.39, 0.29) is 16.2 Å². The number of halogens is 1. The van der Waals surface area contributed by atoms with E-state index in [1.807, 2.05) is 13.8 Å². The van der Waals surface area contributed by atoms with E-state index in [1.165, 1.54) is 29.5 Å². The Labute approximate surface area is 164 Å². The number of carbonyl (C=O) groups is 2. The average molecular weight is 408 g/mol. The fourth-order valence-electron chi connectivity index (χ4n) is 2.81. The maximum Gasteiger partial charge on any atom is 0.339 e. The summed E-state index contributed by atoms with van der Waals surface area (Å²) < 4.78 is 19.0. The summed E-state index contributed by atoms with van der Waals surface area (Å²) in [5.74, 6) is -2.20. The molecule has 0 atom stereocenters. The number of ether oxygens (including phenoxy) is 1. The first-order valence-corrected chi connectivity index (χ1v) is 9.28. The molecular weight excluding hydrogens is 391 g/mol.